The van der Waals surface area contributed by atoms with Crippen LogP contribution in [0.2, 0.25) is 10.0 Å². The zero-order valence-electron chi connectivity index (χ0n) is 11.9. The molecule has 0 spiro atoms. The third-order valence-corrected chi connectivity index (χ3v) is 3.89. The van der Waals surface area contributed by atoms with E-state index in [0.29, 0.717) is 15.8 Å². The first-order chi connectivity index (χ1) is 9.69. The van der Waals surface area contributed by atoms with Gasteiger partial charge in [0.25, 0.3) is 5.91 Å². The van der Waals surface area contributed by atoms with E-state index >= 15 is 0 Å². The largest absolute Gasteiger partial charge is 0.481 e. The number of carbonyl (C=O) groups excluding carboxylic acids is 1. The van der Waals surface area contributed by atoms with E-state index in [9.17, 15) is 9.59 Å². The molecule has 21 heavy (non-hydrogen) atoms. The van der Waals surface area contributed by atoms with Gasteiger partial charge in [-0.05, 0) is 32.4 Å². The number of aliphatic carboxylic acids is 1. The van der Waals surface area contributed by atoms with Crippen LogP contribution in [0.4, 0.5) is 0 Å². The van der Waals surface area contributed by atoms with E-state index in [4.69, 9.17) is 33.0 Å². The van der Waals surface area contributed by atoms with Crippen LogP contribution in [0, 0.1) is 0 Å². The summed E-state index contributed by atoms with van der Waals surface area (Å²) in [6.45, 7) is 4.65. The number of hydrogen-bond donors (Lipinski definition) is 2. The maximum absolute atomic E-state index is 12.0. The van der Waals surface area contributed by atoms with Gasteiger partial charge in [0.2, 0.25) is 0 Å². The van der Waals surface area contributed by atoms with Crippen molar-refractivity contribution in [3.05, 3.63) is 28.2 Å². The van der Waals surface area contributed by atoms with Gasteiger partial charge in [0.15, 0.2) is 6.10 Å². The molecule has 0 aliphatic heterocycles. The summed E-state index contributed by atoms with van der Waals surface area (Å²) in [4.78, 5) is 23.2. The SMILES string of the molecule is CCC(C)(NC(=O)C(C)Oc1ccc(Cl)c(Cl)c1)C(=O)O. The Balaban J connectivity index is 2.74. The molecule has 1 amide bonds. The van der Waals surface area contributed by atoms with E-state index in [1.54, 1.807) is 19.1 Å². The first-order valence-corrected chi connectivity index (χ1v) is 7.12. The number of halogens is 2. The fourth-order valence-electron chi connectivity index (χ4n) is 1.47. The van der Waals surface area contributed by atoms with Crippen LogP contribution < -0.4 is 10.1 Å². The quantitative estimate of drug-likeness (QED) is 0.838. The molecule has 0 radical (unpaired) electrons. The summed E-state index contributed by atoms with van der Waals surface area (Å²) in [5, 5.41) is 12.3. The third-order valence-electron chi connectivity index (χ3n) is 3.15. The first-order valence-electron chi connectivity index (χ1n) is 6.36. The summed E-state index contributed by atoms with van der Waals surface area (Å²) >= 11 is 11.6. The van der Waals surface area contributed by atoms with Crippen molar-refractivity contribution in [3.8, 4) is 5.75 Å². The molecule has 1 aromatic carbocycles. The van der Waals surface area contributed by atoms with Crippen molar-refractivity contribution < 1.29 is 19.4 Å². The number of carboxylic acids is 1. The van der Waals surface area contributed by atoms with E-state index in [2.05, 4.69) is 5.32 Å². The molecule has 7 heteroatoms. The van der Waals surface area contributed by atoms with E-state index in [1.165, 1.54) is 19.9 Å². The van der Waals surface area contributed by atoms with Crippen LogP contribution in [0.5, 0.6) is 5.75 Å². The van der Waals surface area contributed by atoms with Gasteiger partial charge in [-0.25, -0.2) is 4.79 Å². The molecule has 0 aliphatic rings. The Hall–Kier alpha value is -1.46. The predicted molar refractivity (Wildman–Crippen MR) is 81.0 cm³/mol. The lowest BCUT2D eigenvalue weighted by Gasteiger charge is -2.26. The predicted octanol–water partition coefficient (Wildman–Crippen LogP) is 3.13. The van der Waals surface area contributed by atoms with Crippen LogP contribution in [0.3, 0.4) is 0 Å². The molecule has 1 rings (SSSR count). The number of amides is 1. The maximum Gasteiger partial charge on any atom is 0.329 e. The van der Waals surface area contributed by atoms with Crippen LogP contribution >= 0.6 is 23.2 Å². The highest BCUT2D eigenvalue weighted by Gasteiger charge is 2.34. The van der Waals surface area contributed by atoms with E-state index in [1.807, 2.05) is 0 Å². The number of rotatable bonds is 6. The van der Waals surface area contributed by atoms with Gasteiger partial charge in [-0.1, -0.05) is 30.1 Å². The van der Waals surface area contributed by atoms with Crippen LogP contribution in [0.25, 0.3) is 0 Å². The monoisotopic (exact) mass is 333 g/mol. The normalized spacial score (nSPS) is 14.9. The van der Waals surface area contributed by atoms with Crippen molar-refractivity contribution >= 4 is 35.1 Å². The van der Waals surface area contributed by atoms with Crippen LogP contribution in [-0.4, -0.2) is 28.6 Å². The number of ether oxygens (including phenoxy) is 1. The summed E-state index contributed by atoms with van der Waals surface area (Å²) in [7, 11) is 0. The lowest BCUT2D eigenvalue weighted by Crippen LogP contribution is -2.54. The smallest absolute Gasteiger partial charge is 0.329 e. The molecule has 0 saturated carbocycles. The molecular formula is C14H17Cl2NO4. The minimum absolute atomic E-state index is 0.258. The first kappa shape index (κ1) is 17.6. The van der Waals surface area contributed by atoms with E-state index < -0.39 is 23.5 Å². The molecule has 5 nitrogen and oxygen atoms in total. The Morgan fingerprint density at radius 1 is 1.38 bits per heavy atom. The van der Waals surface area contributed by atoms with Crippen molar-refractivity contribution in [3.63, 3.8) is 0 Å². The van der Waals surface area contributed by atoms with E-state index in [0.717, 1.165) is 0 Å². The highest BCUT2D eigenvalue weighted by Crippen LogP contribution is 2.26. The van der Waals surface area contributed by atoms with Gasteiger partial charge in [0.1, 0.15) is 11.3 Å². The lowest BCUT2D eigenvalue weighted by atomic mass is 9.99. The Labute approximate surface area is 133 Å². The fraction of sp³-hybridized carbons (Fsp3) is 0.429. The summed E-state index contributed by atoms with van der Waals surface area (Å²) < 4.78 is 5.43. The van der Waals surface area contributed by atoms with Gasteiger partial charge in [0, 0.05) is 6.07 Å². The molecule has 0 aliphatic carbocycles. The Bertz CT molecular complexity index is 550. The maximum atomic E-state index is 12.0. The minimum Gasteiger partial charge on any atom is -0.481 e. The number of carboxylic acid groups (broad SMARTS) is 1. The van der Waals surface area contributed by atoms with Gasteiger partial charge in [0.05, 0.1) is 10.0 Å². The highest BCUT2D eigenvalue weighted by atomic mass is 35.5. The second-order valence-corrected chi connectivity index (χ2v) is 5.63. The molecule has 0 bridgehead atoms. The van der Waals surface area contributed by atoms with Gasteiger partial charge in [-0.3, -0.25) is 4.79 Å². The molecule has 0 fully saturated rings. The second-order valence-electron chi connectivity index (χ2n) is 4.82. The highest BCUT2D eigenvalue weighted by molar-refractivity contribution is 6.42. The fourth-order valence-corrected chi connectivity index (χ4v) is 1.76. The van der Waals surface area contributed by atoms with Gasteiger partial charge < -0.3 is 15.2 Å². The molecule has 1 aromatic rings. The lowest BCUT2D eigenvalue weighted by molar-refractivity contribution is -0.148. The molecule has 116 valence electrons. The molecule has 2 atom stereocenters. The Morgan fingerprint density at radius 2 is 2.00 bits per heavy atom. The molecule has 0 saturated heterocycles. The van der Waals surface area contributed by atoms with Gasteiger partial charge >= 0.3 is 5.97 Å². The summed E-state index contributed by atoms with van der Waals surface area (Å²) in [5.41, 5.74) is -1.33. The Morgan fingerprint density at radius 3 is 2.48 bits per heavy atom. The van der Waals surface area contributed by atoms with E-state index in [-0.39, 0.29) is 6.42 Å². The standard InChI is InChI=1S/C14H17Cl2NO4/c1-4-14(3,13(19)20)17-12(18)8(2)21-9-5-6-10(15)11(16)7-9/h5-8H,4H2,1-3H3,(H,17,18)(H,19,20). The van der Waals surface area contributed by atoms with Crippen LogP contribution in [-0.2, 0) is 9.59 Å². The number of carbonyl (C=O) groups is 2. The second kappa shape index (κ2) is 7.00. The molecule has 2 unspecified atom stereocenters. The minimum atomic E-state index is -1.33. The molecular weight excluding hydrogens is 317 g/mol. The average molecular weight is 334 g/mol. The summed E-state index contributed by atoms with van der Waals surface area (Å²) in [6.07, 6.45) is -0.611. The zero-order valence-corrected chi connectivity index (χ0v) is 13.5. The van der Waals surface area contributed by atoms with Crippen LogP contribution in [0.15, 0.2) is 18.2 Å². The number of hydrogen-bond acceptors (Lipinski definition) is 3. The van der Waals surface area contributed by atoms with Crippen molar-refractivity contribution in [2.75, 3.05) is 0 Å². The third kappa shape index (κ3) is 4.51. The number of nitrogens with one attached hydrogen (secondary N) is 1. The van der Waals surface area contributed by atoms with Crippen molar-refractivity contribution in [2.45, 2.75) is 38.8 Å². The molecule has 0 aromatic heterocycles. The average Bonchev–Trinajstić information content (AvgIpc) is 2.42. The van der Waals surface area contributed by atoms with Crippen molar-refractivity contribution in [1.29, 1.82) is 0 Å². The Kier molecular flexibility index (Phi) is 5.87. The van der Waals surface area contributed by atoms with Crippen LogP contribution in [0.1, 0.15) is 27.2 Å². The van der Waals surface area contributed by atoms with Gasteiger partial charge in [-0.15, -0.1) is 0 Å². The summed E-state index contributed by atoms with van der Waals surface area (Å²) in [5.74, 6) is -1.24. The zero-order chi connectivity index (χ0) is 16.2. The number of benzene rings is 1. The van der Waals surface area contributed by atoms with Gasteiger partial charge in [-0.2, -0.15) is 0 Å². The van der Waals surface area contributed by atoms with Crippen molar-refractivity contribution in [2.24, 2.45) is 0 Å². The molecule has 2 N–H and O–H groups in total. The molecule has 0 heterocycles. The van der Waals surface area contributed by atoms with Crippen molar-refractivity contribution in [1.82, 2.24) is 5.32 Å². The topological polar surface area (TPSA) is 75.6 Å². The summed E-state index contributed by atoms with van der Waals surface area (Å²) in [6, 6.07) is 4.62.